The van der Waals surface area contributed by atoms with E-state index in [0.29, 0.717) is 28.6 Å². The summed E-state index contributed by atoms with van der Waals surface area (Å²) in [6.45, 7) is 2.34. The first-order valence-corrected chi connectivity index (χ1v) is 13.8. The standard InChI is InChI=1S/C29H32Cl2N2O5/c1-16(34)38-29-10-9-21(33(3)24(35)14-17-5-7-19(30)20(31)13-17)27-28(29)11-12-32(2)23(29)15-18-6-8-22(36-4)26(37-27)25(18)28/h5-8,13,21,23,27H,9-12,14-15H2,1-4H3/t21-,23+,27-,28-,29+/m0/s1. The maximum absolute atomic E-state index is 13.6. The van der Waals surface area contributed by atoms with Crippen LogP contribution < -0.4 is 9.47 Å². The Bertz CT molecular complexity index is 1330. The minimum Gasteiger partial charge on any atom is -0.493 e. The molecule has 2 bridgehead atoms. The van der Waals surface area contributed by atoms with Gasteiger partial charge < -0.3 is 19.1 Å². The van der Waals surface area contributed by atoms with Crippen molar-refractivity contribution in [3.8, 4) is 11.5 Å². The molecule has 5 atom stereocenters. The lowest BCUT2D eigenvalue weighted by molar-refractivity contribution is -0.221. The van der Waals surface area contributed by atoms with Crippen molar-refractivity contribution in [1.82, 2.24) is 9.80 Å². The minimum atomic E-state index is -0.745. The molecule has 9 heteroatoms. The van der Waals surface area contributed by atoms with Crippen molar-refractivity contribution in [1.29, 1.82) is 0 Å². The molecule has 2 aliphatic carbocycles. The van der Waals surface area contributed by atoms with Crippen LogP contribution in [0.5, 0.6) is 11.5 Å². The number of carbonyl (C=O) groups is 2. The monoisotopic (exact) mass is 558 g/mol. The third-order valence-corrected chi connectivity index (χ3v) is 10.2. The van der Waals surface area contributed by atoms with Gasteiger partial charge in [-0.1, -0.05) is 35.3 Å². The molecule has 2 aromatic rings. The number of likely N-dealkylation sites (tertiary alicyclic amines) is 1. The maximum atomic E-state index is 13.6. The summed E-state index contributed by atoms with van der Waals surface area (Å²) in [5.41, 5.74) is 1.78. The molecule has 2 heterocycles. The van der Waals surface area contributed by atoms with Gasteiger partial charge in [-0.3, -0.25) is 14.5 Å². The summed E-state index contributed by atoms with van der Waals surface area (Å²) in [5, 5.41) is 0.886. The SMILES string of the molecule is COc1ccc2c3c1O[C@H]1[C@@H](N(C)C(=O)Cc4ccc(Cl)c(Cl)c4)CC[C@@]4(OC(C)=O)[C@@H](C2)N(C)CC[C@]314. The van der Waals surface area contributed by atoms with Gasteiger partial charge in [0.2, 0.25) is 5.91 Å². The summed E-state index contributed by atoms with van der Waals surface area (Å²) in [5.74, 6) is 1.08. The van der Waals surface area contributed by atoms with Crippen molar-refractivity contribution >= 4 is 35.1 Å². The van der Waals surface area contributed by atoms with Crippen LogP contribution in [0.15, 0.2) is 30.3 Å². The van der Waals surface area contributed by atoms with Crippen LogP contribution in [0, 0.1) is 0 Å². The predicted octanol–water partition coefficient (Wildman–Crippen LogP) is 4.43. The fourth-order valence-corrected chi connectivity index (χ4v) is 8.16. The van der Waals surface area contributed by atoms with Crippen LogP contribution in [0.3, 0.4) is 0 Å². The molecule has 0 radical (unpaired) electrons. The summed E-state index contributed by atoms with van der Waals surface area (Å²) < 4.78 is 19.0. The normalized spacial score (nSPS) is 30.7. The Morgan fingerprint density at radius 3 is 2.68 bits per heavy atom. The molecule has 38 heavy (non-hydrogen) atoms. The number of hydrogen-bond donors (Lipinski definition) is 0. The number of likely N-dealkylation sites (N-methyl/N-ethyl adjacent to an activating group) is 2. The first kappa shape index (κ1) is 25.8. The van der Waals surface area contributed by atoms with E-state index in [0.717, 1.165) is 36.3 Å². The molecule has 0 aromatic heterocycles. The quantitative estimate of drug-likeness (QED) is 0.506. The van der Waals surface area contributed by atoms with Gasteiger partial charge in [0.25, 0.3) is 0 Å². The van der Waals surface area contributed by atoms with E-state index in [9.17, 15) is 9.59 Å². The average molecular weight is 559 g/mol. The highest BCUT2D eigenvalue weighted by molar-refractivity contribution is 6.42. The maximum Gasteiger partial charge on any atom is 0.303 e. The van der Waals surface area contributed by atoms with Crippen molar-refractivity contribution in [3.05, 3.63) is 57.1 Å². The second-order valence-electron chi connectivity index (χ2n) is 11.1. The molecule has 0 N–H and O–H groups in total. The number of piperidine rings is 1. The lowest BCUT2D eigenvalue weighted by Crippen LogP contribution is -2.78. The highest BCUT2D eigenvalue weighted by Gasteiger charge is 2.75. The summed E-state index contributed by atoms with van der Waals surface area (Å²) >= 11 is 12.3. The number of ether oxygens (including phenoxy) is 3. The first-order chi connectivity index (χ1) is 18.1. The first-order valence-electron chi connectivity index (χ1n) is 13.1. The fraction of sp³-hybridized carbons (Fsp3) is 0.517. The van der Waals surface area contributed by atoms with Gasteiger partial charge in [0.1, 0.15) is 11.7 Å². The second kappa shape index (κ2) is 9.04. The van der Waals surface area contributed by atoms with E-state index < -0.39 is 11.0 Å². The van der Waals surface area contributed by atoms with Crippen LogP contribution in [0.4, 0.5) is 0 Å². The lowest BCUT2D eigenvalue weighted by atomic mass is 9.48. The lowest BCUT2D eigenvalue weighted by Gasteiger charge is -2.65. The Morgan fingerprint density at radius 1 is 1.18 bits per heavy atom. The molecule has 2 aromatic carbocycles. The highest BCUT2D eigenvalue weighted by atomic mass is 35.5. The Kier molecular flexibility index (Phi) is 6.13. The second-order valence-corrected chi connectivity index (χ2v) is 11.9. The molecule has 7 nitrogen and oxygen atoms in total. The van der Waals surface area contributed by atoms with Gasteiger partial charge in [-0.2, -0.15) is 0 Å². The highest BCUT2D eigenvalue weighted by Crippen LogP contribution is 2.67. The number of hydrogen-bond acceptors (Lipinski definition) is 6. The van der Waals surface area contributed by atoms with Crippen LogP contribution in [0.1, 0.15) is 42.9 Å². The zero-order valence-corrected chi connectivity index (χ0v) is 23.6. The largest absolute Gasteiger partial charge is 0.493 e. The summed E-state index contributed by atoms with van der Waals surface area (Å²) in [6.07, 6.45) is 2.65. The van der Waals surface area contributed by atoms with E-state index in [1.807, 2.05) is 24.1 Å². The van der Waals surface area contributed by atoms with Crippen LogP contribution in [-0.2, 0) is 32.6 Å². The zero-order valence-electron chi connectivity index (χ0n) is 22.1. The van der Waals surface area contributed by atoms with Gasteiger partial charge in [-0.25, -0.2) is 0 Å². The van der Waals surface area contributed by atoms with E-state index in [-0.39, 0.29) is 36.5 Å². The summed E-state index contributed by atoms with van der Waals surface area (Å²) in [7, 11) is 5.60. The number of benzene rings is 2. The number of methoxy groups -OCH3 is 1. The van der Waals surface area contributed by atoms with Gasteiger partial charge in [0, 0.05) is 19.5 Å². The Balaban J connectivity index is 1.44. The predicted molar refractivity (Wildman–Crippen MR) is 144 cm³/mol. The van der Waals surface area contributed by atoms with Gasteiger partial charge >= 0.3 is 5.97 Å². The van der Waals surface area contributed by atoms with Crippen LogP contribution in [0.25, 0.3) is 0 Å². The molecule has 1 saturated carbocycles. The van der Waals surface area contributed by atoms with E-state index in [1.165, 1.54) is 12.5 Å². The van der Waals surface area contributed by atoms with E-state index >= 15 is 0 Å². The van der Waals surface area contributed by atoms with Gasteiger partial charge in [-0.15, -0.1) is 0 Å². The molecule has 6 rings (SSSR count). The molecular formula is C29H32Cl2N2O5. The van der Waals surface area contributed by atoms with E-state index in [1.54, 1.807) is 19.2 Å². The fourth-order valence-electron chi connectivity index (χ4n) is 7.84. The van der Waals surface area contributed by atoms with Crippen molar-refractivity contribution < 1.29 is 23.8 Å². The molecule has 1 saturated heterocycles. The molecule has 0 unspecified atom stereocenters. The summed E-state index contributed by atoms with van der Waals surface area (Å²) in [6, 6.07) is 9.18. The van der Waals surface area contributed by atoms with Crippen LogP contribution in [-0.4, -0.2) is 73.2 Å². The Hall–Kier alpha value is -2.48. The number of carbonyl (C=O) groups excluding carboxylic acids is 2. The van der Waals surface area contributed by atoms with E-state index in [4.69, 9.17) is 37.4 Å². The van der Waals surface area contributed by atoms with Crippen molar-refractivity contribution in [2.75, 3.05) is 27.7 Å². The van der Waals surface area contributed by atoms with Crippen molar-refractivity contribution in [3.63, 3.8) is 0 Å². The van der Waals surface area contributed by atoms with Crippen molar-refractivity contribution in [2.45, 2.75) is 68.2 Å². The molecule has 202 valence electrons. The number of rotatable bonds is 5. The molecule has 1 amide bonds. The molecule has 1 spiro atoms. The zero-order chi connectivity index (χ0) is 27.0. The number of halogens is 2. The molecule has 2 fully saturated rings. The summed E-state index contributed by atoms with van der Waals surface area (Å²) in [4.78, 5) is 30.4. The Morgan fingerprint density at radius 2 is 1.97 bits per heavy atom. The van der Waals surface area contributed by atoms with Crippen molar-refractivity contribution in [2.24, 2.45) is 0 Å². The number of esters is 1. The number of amides is 1. The third kappa shape index (κ3) is 3.44. The molecule has 4 aliphatic rings. The Labute approximate surface area is 232 Å². The van der Waals surface area contributed by atoms with Gasteiger partial charge in [0.15, 0.2) is 11.5 Å². The minimum absolute atomic E-state index is 0.0243. The van der Waals surface area contributed by atoms with Gasteiger partial charge in [0.05, 0.1) is 41.1 Å². The van der Waals surface area contributed by atoms with Crippen LogP contribution >= 0.6 is 23.2 Å². The number of nitrogens with zero attached hydrogens (tertiary/aromatic N) is 2. The molecular weight excluding hydrogens is 527 g/mol. The van der Waals surface area contributed by atoms with Crippen LogP contribution in [0.2, 0.25) is 10.0 Å². The molecule has 2 aliphatic heterocycles. The van der Waals surface area contributed by atoms with E-state index in [2.05, 4.69) is 18.0 Å². The third-order valence-electron chi connectivity index (χ3n) is 9.42. The smallest absolute Gasteiger partial charge is 0.303 e. The average Bonchev–Trinajstić information content (AvgIpc) is 3.23. The topological polar surface area (TPSA) is 68.3 Å². The van der Waals surface area contributed by atoms with Gasteiger partial charge in [-0.05, 0) is 68.6 Å².